The molecule has 1 N–H and O–H groups in total. The Kier molecular flexibility index (Phi) is 2.72. The van der Waals surface area contributed by atoms with Gasteiger partial charge in [0.25, 0.3) is 0 Å². The third-order valence-corrected chi connectivity index (χ3v) is 3.85. The number of imidazole rings is 1. The zero-order chi connectivity index (χ0) is 13.4. The van der Waals surface area contributed by atoms with Crippen LogP contribution < -0.4 is 4.74 Å². The summed E-state index contributed by atoms with van der Waals surface area (Å²) in [6.45, 7) is 0. The summed E-state index contributed by atoms with van der Waals surface area (Å²) in [5.74, 6) is -0.262. The minimum Gasteiger partial charge on any atom is -0.497 e. The second-order valence-electron chi connectivity index (χ2n) is 3.90. The maximum Gasteiger partial charge on any atom is 0.348 e. The average molecular weight is 274 g/mol. The van der Waals surface area contributed by atoms with E-state index in [1.54, 1.807) is 23.9 Å². The van der Waals surface area contributed by atoms with E-state index in [1.807, 2.05) is 24.3 Å². The Morgan fingerprint density at radius 2 is 2.32 bits per heavy atom. The van der Waals surface area contributed by atoms with E-state index >= 15 is 0 Å². The van der Waals surface area contributed by atoms with Crippen LogP contribution in [0.3, 0.4) is 0 Å². The Morgan fingerprint density at radius 3 is 3.05 bits per heavy atom. The van der Waals surface area contributed by atoms with E-state index in [4.69, 9.17) is 4.74 Å². The highest BCUT2D eigenvalue weighted by Gasteiger charge is 2.20. The van der Waals surface area contributed by atoms with Crippen molar-refractivity contribution in [1.82, 2.24) is 9.38 Å². The van der Waals surface area contributed by atoms with Crippen molar-refractivity contribution in [3.8, 4) is 17.0 Å². The Bertz CT molecular complexity index is 760. The smallest absolute Gasteiger partial charge is 0.348 e. The van der Waals surface area contributed by atoms with Crippen molar-refractivity contribution >= 4 is 22.3 Å². The van der Waals surface area contributed by atoms with Gasteiger partial charge in [0, 0.05) is 18.0 Å². The van der Waals surface area contributed by atoms with Gasteiger partial charge >= 0.3 is 5.97 Å². The second-order valence-corrected chi connectivity index (χ2v) is 4.87. The fraction of sp³-hybridized carbons (Fsp3) is 0.0769. The number of ether oxygens (including phenoxy) is 1. The molecule has 1 aromatic carbocycles. The topological polar surface area (TPSA) is 63.8 Å². The predicted octanol–water partition coefficient (Wildman–Crippen LogP) is 2.77. The Balaban J connectivity index is 2.29. The molecule has 3 rings (SSSR count). The predicted molar refractivity (Wildman–Crippen MR) is 72.0 cm³/mol. The molecule has 0 saturated carbocycles. The van der Waals surface area contributed by atoms with Crippen LogP contribution in [0.2, 0.25) is 0 Å². The monoisotopic (exact) mass is 274 g/mol. The molecule has 0 fully saturated rings. The summed E-state index contributed by atoms with van der Waals surface area (Å²) >= 11 is 1.16. The number of carboxylic acids is 1. The van der Waals surface area contributed by atoms with Gasteiger partial charge in [0.2, 0.25) is 0 Å². The number of hydrogen-bond acceptors (Lipinski definition) is 4. The quantitative estimate of drug-likeness (QED) is 0.797. The van der Waals surface area contributed by atoms with Crippen molar-refractivity contribution in [1.29, 1.82) is 0 Å². The normalized spacial score (nSPS) is 10.8. The molecule has 0 unspecified atom stereocenters. The fourth-order valence-corrected chi connectivity index (χ4v) is 2.92. The third-order valence-electron chi connectivity index (χ3n) is 2.79. The highest BCUT2D eigenvalue weighted by Crippen LogP contribution is 2.32. The molecule has 2 heterocycles. The summed E-state index contributed by atoms with van der Waals surface area (Å²) in [6, 6.07) is 7.33. The maximum atomic E-state index is 11.4. The number of methoxy groups -OCH3 is 1. The van der Waals surface area contributed by atoms with E-state index in [9.17, 15) is 9.90 Å². The summed E-state index contributed by atoms with van der Waals surface area (Å²) < 4.78 is 6.96. The lowest BCUT2D eigenvalue weighted by molar-refractivity contribution is 0.0702. The van der Waals surface area contributed by atoms with Crippen LogP contribution in [0, 0.1) is 0 Å². The number of carbonyl (C=O) groups is 1. The third kappa shape index (κ3) is 1.86. The van der Waals surface area contributed by atoms with Crippen LogP contribution in [0.4, 0.5) is 0 Å². The molecular formula is C13H10N2O3S. The van der Waals surface area contributed by atoms with Crippen molar-refractivity contribution < 1.29 is 14.6 Å². The standard InChI is InChI=1S/C13H10N2O3S/c1-18-9-4-2-3-8(7-9)10-11(12(16)17)19-13-14-5-6-15(10)13/h2-7H,1H3,(H,16,17). The van der Waals surface area contributed by atoms with E-state index in [1.165, 1.54) is 0 Å². The maximum absolute atomic E-state index is 11.4. The zero-order valence-corrected chi connectivity index (χ0v) is 10.8. The SMILES string of the molecule is COc1cccc(-c2c(C(=O)O)sc3nccn23)c1. The molecule has 0 spiro atoms. The van der Waals surface area contributed by atoms with Crippen LogP contribution in [-0.4, -0.2) is 27.6 Å². The van der Waals surface area contributed by atoms with Crippen LogP contribution in [0.1, 0.15) is 9.67 Å². The number of aromatic nitrogens is 2. The van der Waals surface area contributed by atoms with Crippen LogP contribution in [0.15, 0.2) is 36.7 Å². The first-order valence-electron chi connectivity index (χ1n) is 5.54. The lowest BCUT2D eigenvalue weighted by Gasteiger charge is -2.05. The van der Waals surface area contributed by atoms with E-state index in [-0.39, 0.29) is 4.88 Å². The molecule has 3 aromatic rings. The Labute approximate surface area is 112 Å². The molecule has 6 heteroatoms. The van der Waals surface area contributed by atoms with E-state index in [0.717, 1.165) is 16.9 Å². The molecule has 5 nitrogen and oxygen atoms in total. The minimum absolute atomic E-state index is 0.274. The first kappa shape index (κ1) is 11.7. The number of hydrogen-bond donors (Lipinski definition) is 1. The molecule has 96 valence electrons. The summed E-state index contributed by atoms with van der Waals surface area (Å²) in [5.41, 5.74) is 1.42. The molecule has 0 atom stereocenters. The van der Waals surface area contributed by atoms with Crippen LogP contribution >= 0.6 is 11.3 Å². The molecule has 2 aromatic heterocycles. The van der Waals surface area contributed by atoms with E-state index in [2.05, 4.69) is 4.98 Å². The average Bonchev–Trinajstić information content (AvgIpc) is 2.98. The van der Waals surface area contributed by atoms with Crippen molar-refractivity contribution in [2.45, 2.75) is 0 Å². The van der Waals surface area contributed by atoms with Gasteiger partial charge in [-0.2, -0.15) is 0 Å². The van der Waals surface area contributed by atoms with E-state index in [0.29, 0.717) is 16.4 Å². The van der Waals surface area contributed by atoms with Gasteiger partial charge in [-0.3, -0.25) is 4.40 Å². The lowest BCUT2D eigenvalue weighted by atomic mass is 10.1. The zero-order valence-electron chi connectivity index (χ0n) is 10.0. The largest absolute Gasteiger partial charge is 0.497 e. The van der Waals surface area contributed by atoms with E-state index < -0.39 is 5.97 Å². The number of rotatable bonds is 3. The highest BCUT2D eigenvalue weighted by molar-refractivity contribution is 7.19. The Morgan fingerprint density at radius 1 is 1.47 bits per heavy atom. The number of benzene rings is 1. The van der Waals surface area contributed by atoms with Crippen molar-refractivity contribution in [2.24, 2.45) is 0 Å². The van der Waals surface area contributed by atoms with Crippen LogP contribution in [0.25, 0.3) is 16.2 Å². The van der Waals surface area contributed by atoms with Gasteiger partial charge in [-0.15, -0.1) is 0 Å². The molecule has 19 heavy (non-hydrogen) atoms. The van der Waals surface area contributed by atoms with Gasteiger partial charge in [0.1, 0.15) is 10.6 Å². The Hall–Kier alpha value is -2.34. The first-order valence-corrected chi connectivity index (χ1v) is 6.36. The van der Waals surface area contributed by atoms with Gasteiger partial charge in [-0.1, -0.05) is 23.5 Å². The van der Waals surface area contributed by atoms with Crippen molar-refractivity contribution in [3.63, 3.8) is 0 Å². The highest BCUT2D eigenvalue weighted by atomic mass is 32.1. The summed E-state index contributed by atoms with van der Waals surface area (Å²) in [7, 11) is 1.58. The number of carboxylic acid groups (broad SMARTS) is 1. The van der Waals surface area contributed by atoms with Crippen LogP contribution in [-0.2, 0) is 0 Å². The molecule has 0 aliphatic carbocycles. The van der Waals surface area contributed by atoms with Gasteiger partial charge in [0.05, 0.1) is 12.8 Å². The van der Waals surface area contributed by atoms with Gasteiger partial charge in [-0.25, -0.2) is 9.78 Å². The summed E-state index contributed by atoms with van der Waals surface area (Å²) in [4.78, 5) is 16.4. The molecule has 0 amide bonds. The number of thiazole rings is 1. The molecule has 0 aliphatic rings. The van der Waals surface area contributed by atoms with Crippen molar-refractivity contribution in [3.05, 3.63) is 41.5 Å². The van der Waals surface area contributed by atoms with Gasteiger partial charge in [-0.05, 0) is 12.1 Å². The van der Waals surface area contributed by atoms with Crippen molar-refractivity contribution in [2.75, 3.05) is 7.11 Å². The number of fused-ring (bicyclic) bond motifs is 1. The second kappa shape index (κ2) is 4.40. The van der Waals surface area contributed by atoms with Gasteiger partial charge in [0.15, 0.2) is 4.96 Å². The first-order chi connectivity index (χ1) is 9.20. The molecule has 0 aliphatic heterocycles. The molecule has 0 bridgehead atoms. The number of aromatic carboxylic acids is 1. The molecular weight excluding hydrogens is 264 g/mol. The summed E-state index contributed by atoms with van der Waals surface area (Å²) in [5, 5.41) is 9.31. The minimum atomic E-state index is -0.951. The fourth-order valence-electron chi connectivity index (χ4n) is 1.97. The molecule has 0 radical (unpaired) electrons. The van der Waals surface area contributed by atoms with Crippen LogP contribution in [0.5, 0.6) is 5.75 Å². The lowest BCUT2D eigenvalue weighted by Crippen LogP contribution is -1.97. The number of nitrogens with zero attached hydrogens (tertiary/aromatic N) is 2. The van der Waals surface area contributed by atoms with Gasteiger partial charge < -0.3 is 9.84 Å². The summed E-state index contributed by atoms with van der Waals surface area (Å²) in [6.07, 6.45) is 3.41. The molecule has 0 saturated heterocycles.